The fourth-order valence-electron chi connectivity index (χ4n) is 4.50. The number of piperidine rings is 1. The zero-order valence-corrected chi connectivity index (χ0v) is 17.4. The molecule has 1 unspecified atom stereocenters. The Morgan fingerprint density at radius 1 is 0.964 bits per heavy atom. The summed E-state index contributed by atoms with van der Waals surface area (Å²) in [6.07, 6.45) is 2.48. The topological polar surface area (TPSA) is 24.9 Å². The first-order chi connectivity index (χ1) is 13.6. The van der Waals surface area contributed by atoms with Gasteiger partial charge in [0.25, 0.3) is 0 Å². The molecule has 4 heteroatoms. The van der Waals surface area contributed by atoms with Gasteiger partial charge < -0.3 is 19.3 Å². The second-order valence-electron chi connectivity index (χ2n) is 8.44. The van der Waals surface area contributed by atoms with Crippen LogP contribution in [0.3, 0.4) is 0 Å². The molecule has 28 heavy (non-hydrogen) atoms. The molecule has 0 aromatic heterocycles. The number of benzene rings is 2. The van der Waals surface area contributed by atoms with E-state index >= 15 is 0 Å². The van der Waals surface area contributed by atoms with Crippen LogP contribution in [0.4, 0.5) is 0 Å². The van der Waals surface area contributed by atoms with Crippen molar-refractivity contribution in [2.24, 2.45) is 5.92 Å². The van der Waals surface area contributed by atoms with Gasteiger partial charge in [0.05, 0.1) is 13.7 Å². The van der Waals surface area contributed by atoms with Crippen LogP contribution >= 0.6 is 0 Å². The molecule has 2 aliphatic heterocycles. The van der Waals surface area contributed by atoms with Crippen molar-refractivity contribution in [1.82, 2.24) is 9.80 Å². The molecule has 0 aliphatic carbocycles. The number of likely N-dealkylation sites (tertiary alicyclic amines) is 1. The standard InChI is InChI=1S/C24H32N2O2/c1-25-11-9-18(10-12-25)17-28-22-7-8-23-20(14-22)15-26(2)16-24(23)19-5-4-6-21(13-19)27-3/h4-8,13-14,18,24H,9-12,15-17H2,1-3H3. The van der Waals surface area contributed by atoms with Crippen LogP contribution < -0.4 is 9.47 Å². The number of rotatable bonds is 5. The monoisotopic (exact) mass is 380 g/mol. The van der Waals surface area contributed by atoms with Crippen molar-refractivity contribution in [3.63, 3.8) is 0 Å². The van der Waals surface area contributed by atoms with E-state index in [0.717, 1.165) is 31.2 Å². The van der Waals surface area contributed by atoms with Gasteiger partial charge in [0.15, 0.2) is 0 Å². The van der Waals surface area contributed by atoms with E-state index < -0.39 is 0 Å². The molecule has 4 rings (SSSR count). The van der Waals surface area contributed by atoms with E-state index in [2.05, 4.69) is 60.3 Å². The van der Waals surface area contributed by atoms with Crippen LogP contribution in [0.25, 0.3) is 0 Å². The average molecular weight is 381 g/mol. The summed E-state index contributed by atoms with van der Waals surface area (Å²) in [6, 6.07) is 15.2. The summed E-state index contributed by atoms with van der Waals surface area (Å²) in [6.45, 7) is 5.20. The third-order valence-corrected chi connectivity index (χ3v) is 6.24. The van der Waals surface area contributed by atoms with Gasteiger partial charge >= 0.3 is 0 Å². The fourth-order valence-corrected chi connectivity index (χ4v) is 4.50. The highest BCUT2D eigenvalue weighted by Gasteiger charge is 2.26. The molecule has 1 fully saturated rings. The smallest absolute Gasteiger partial charge is 0.119 e. The molecule has 1 atom stereocenters. The van der Waals surface area contributed by atoms with Crippen LogP contribution in [-0.4, -0.2) is 57.2 Å². The molecule has 0 amide bonds. The quantitative estimate of drug-likeness (QED) is 0.783. The molecule has 0 radical (unpaired) electrons. The van der Waals surface area contributed by atoms with Crippen molar-refractivity contribution >= 4 is 0 Å². The Kier molecular flexibility index (Phi) is 5.88. The molecule has 2 aliphatic rings. The Morgan fingerprint density at radius 2 is 1.79 bits per heavy atom. The molecule has 0 spiro atoms. The molecule has 2 heterocycles. The van der Waals surface area contributed by atoms with Crippen LogP contribution in [0.2, 0.25) is 0 Å². The van der Waals surface area contributed by atoms with Crippen molar-refractivity contribution in [1.29, 1.82) is 0 Å². The van der Waals surface area contributed by atoms with E-state index in [1.54, 1.807) is 7.11 Å². The maximum atomic E-state index is 6.20. The molecule has 1 saturated heterocycles. The summed E-state index contributed by atoms with van der Waals surface area (Å²) >= 11 is 0. The normalized spacial score (nSPS) is 21.3. The number of nitrogens with zero attached hydrogens (tertiary/aromatic N) is 2. The van der Waals surface area contributed by atoms with Crippen molar-refractivity contribution < 1.29 is 9.47 Å². The minimum absolute atomic E-state index is 0.367. The summed E-state index contributed by atoms with van der Waals surface area (Å²) in [5, 5.41) is 0. The molecular formula is C24H32N2O2. The van der Waals surface area contributed by atoms with Gasteiger partial charge in [0.1, 0.15) is 11.5 Å². The molecule has 2 aromatic rings. The number of methoxy groups -OCH3 is 1. The maximum absolute atomic E-state index is 6.20. The lowest BCUT2D eigenvalue weighted by atomic mass is 9.84. The van der Waals surface area contributed by atoms with Gasteiger partial charge in [-0.05, 0) is 86.9 Å². The Labute approximate surface area is 169 Å². The van der Waals surface area contributed by atoms with E-state index in [9.17, 15) is 0 Å². The number of ether oxygens (including phenoxy) is 2. The first-order valence-electron chi connectivity index (χ1n) is 10.4. The number of hydrogen-bond donors (Lipinski definition) is 0. The Balaban J connectivity index is 1.50. The number of fused-ring (bicyclic) bond motifs is 1. The lowest BCUT2D eigenvalue weighted by Crippen LogP contribution is -2.32. The first-order valence-corrected chi connectivity index (χ1v) is 10.4. The number of hydrogen-bond acceptors (Lipinski definition) is 4. The summed E-state index contributed by atoms with van der Waals surface area (Å²) < 4.78 is 11.6. The summed E-state index contributed by atoms with van der Waals surface area (Å²) in [5.74, 6) is 2.98. The first kappa shape index (κ1) is 19.3. The zero-order chi connectivity index (χ0) is 19.5. The molecule has 2 aromatic carbocycles. The third-order valence-electron chi connectivity index (χ3n) is 6.24. The molecule has 4 nitrogen and oxygen atoms in total. The van der Waals surface area contributed by atoms with Crippen molar-refractivity contribution in [2.75, 3.05) is 47.4 Å². The predicted molar refractivity (Wildman–Crippen MR) is 113 cm³/mol. The van der Waals surface area contributed by atoms with Gasteiger partial charge in [-0.1, -0.05) is 18.2 Å². The van der Waals surface area contributed by atoms with Crippen LogP contribution in [0.15, 0.2) is 42.5 Å². The summed E-state index contributed by atoms with van der Waals surface area (Å²) in [4.78, 5) is 4.80. The lowest BCUT2D eigenvalue weighted by Gasteiger charge is -2.33. The Hall–Kier alpha value is -2.04. The minimum atomic E-state index is 0.367. The largest absolute Gasteiger partial charge is 0.497 e. The average Bonchev–Trinajstić information content (AvgIpc) is 2.72. The second-order valence-corrected chi connectivity index (χ2v) is 8.44. The SMILES string of the molecule is COc1cccc(C2CN(C)Cc3cc(OCC4CCN(C)CC4)ccc32)c1. The molecule has 0 N–H and O–H groups in total. The summed E-state index contributed by atoms with van der Waals surface area (Å²) in [5.41, 5.74) is 4.10. The third kappa shape index (κ3) is 4.34. The van der Waals surface area contributed by atoms with Crippen molar-refractivity contribution in [3.05, 3.63) is 59.2 Å². The van der Waals surface area contributed by atoms with Gasteiger partial charge in [-0.15, -0.1) is 0 Å². The Bertz CT molecular complexity index is 799. The van der Waals surface area contributed by atoms with Crippen LogP contribution in [0.5, 0.6) is 11.5 Å². The molecule has 150 valence electrons. The van der Waals surface area contributed by atoms with E-state index in [-0.39, 0.29) is 0 Å². The van der Waals surface area contributed by atoms with E-state index in [0.29, 0.717) is 11.8 Å². The molecule has 0 bridgehead atoms. The van der Waals surface area contributed by atoms with E-state index in [4.69, 9.17) is 9.47 Å². The Morgan fingerprint density at radius 3 is 2.57 bits per heavy atom. The van der Waals surface area contributed by atoms with Crippen LogP contribution in [0, 0.1) is 5.92 Å². The van der Waals surface area contributed by atoms with Crippen molar-refractivity contribution in [2.45, 2.75) is 25.3 Å². The highest BCUT2D eigenvalue weighted by atomic mass is 16.5. The van der Waals surface area contributed by atoms with E-state index in [1.165, 1.54) is 42.6 Å². The van der Waals surface area contributed by atoms with Gasteiger partial charge in [-0.25, -0.2) is 0 Å². The predicted octanol–water partition coefficient (Wildman–Crippen LogP) is 3.99. The summed E-state index contributed by atoms with van der Waals surface area (Å²) in [7, 11) is 6.13. The second kappa shape index (κ2) is 8.54. The highest BCUT2D eigenvalue weighted by Crippen LogP contribution is 2.36. The van der Waals surface area contributed by atoms with Gasteiger partial charge in [-0.2, -0.15) is 0 Å². The van der Waals surface area contributed by atoms with Gasteiger partial charge in [0, 0.05) is 19.0 Å². The minimum Gasteiger partial charge on any atom is -0.497 e. The van der Waals surface area contributed by atoms with Gasteiger partial charge in [-0.3, -0.25) is 0 Å². The highest BCUT2D eigenvalue weighted by molar-refractivity contribution is 5.45. The molecule has 0 saturated carbocycles. The number of likely N-dealkylation sites (N-methyl/N-ethyl adjacent to an activating group) is 1. The maximum Gasteiger partial charge on any atom is 0.119 e. The fraction of sp³-hybridized carbons (Fsp3) is 0.500. The molecular weight excluding hydrogens is 348 g/mol. The zero-order valence-electron chi connectivity index (χ0n) is 17.4. The lowest BCUT2D eigenvalue weighted by molar-refractivity contribution is 0.160. The van der Waals surface area contributed by atoms with E-state index in [1.807, 2.05) is 6.07 Å². The van der Waals surface area contributed by atoms with Crippen LogP contribution in [-0.2, 0) is 6.54 Å². The van der Waals surface area contributed by atoms with Gasteiger partial charge in [0.2, 0.25) is 0 Å². The van der Waals surface area contributed by atoms with Crippen LogP contribution in [0.1, 0.15) is 35.4 Å². The van der Waals surface area contributed by atoms with Crippen molar-refractivity contribution in [3.8, 4) is 11.5 Å².